The Morgan fingerprint density at radius 3 is 2.62 bits per heavy atom. The van der Waals surface area contributed by atoms with Crippen molar-refractivity contribution >= 4 is 23.2 Å². The third-order valence-electron chi connectivity index (χ3n) is 3.77. The normalized spacial score (nSPS) is 17.9. The van der Waals surface area contributed by atoms with Gasteiger partial charge in [-0.25, -0.2) is 0 Å². The van der Waals surface area contributed by atoms with Gasteiger partial charge in [0.2, 0.25) is 0 Å². The molecule has 5 heteroatoms. The van der Waals surface area contributed by atoms with Gasteiger partial charge in [-0.15, -0.1) is 11.3 Å². The maximum absolute atomic E-state index is 12.6. The standard InChI is InChI=1S/C16H15NO3S/c18-15(17-8-6-12(10-17)16(19)20)14-13(7-9-21-14)11-4-2-1-3-5-11/h1-5,7,9,12H,6,8,10H2,(H,19,20)/t12-/m1/s1. The van der Waals surface area contributed by atoms with Crippen molar-refractivity contribution < 1.29 is 14.7 Å². The van der Waals surface area contributed by atoms with Crippen molar-refractivity contribution in [2.75, 3.05) is 13.1 Å². The zero-order valence-electron chi connectivity index (χ0n) is 11.4. The second-order valence-corrected chi connectivity index (χ2v) is 6.02. The number of benzene rings is 1. The van der Waals surface area contributed by atoms with Gasteiger partial charge in [-0.1, -0.05) is 30.3 Å². The highest BCUT2D eigenvalue weighted by Crippen LogP contribution is 2.30. The van der Waals surface area contributed by atoms with Gasteiger partial charge in [0.1, 0.15) is 0 Å². The molecule has 0 saturated carbocycles. The van der Waals surface area contributed by atoms with Crippen LogP contribution in [0.15, 0.2) is 41.8 Å². The van der Waals surface area contributed by atoms with Crippen LogP contribution in [0.3, 0.4) is 0 Å². The highest BCUT2D eigenvalue weighted by molar-refractivity contribution is 7.12. The number of hydrogen-bond acceptors (Lipinski definition) is 3. The summed E-state index contributed by atoms with van der Waals surface area (Å²) in [6.07, 6.45) is 0.535. The van der Waals surface area contributed by atoms with Crippen molar-refractivity contribution in [1.82, 2.24) is 4.90 Å². The van der Waals surface area contributed by atoms with Gasteiger partial charge in [-0.3, -0.25) is 9.59 Å². The average molecular weight is 301 g/mol. The van der Waals surface area contributed by atoms with Crippen LogP contribution in [0, 0.1) is 5.92 Å². The van der Waals surface area contributed by atoms with Crippen LogP contribution in [0.4, 0.5) is 0 Å². The van der Waals surface area contributed by atoms with Crippen molar-refractivity contribution in [2.45, 2.75) is 6.42 Å². The van der Waals surface area contributed by atoms with E-state index in [0.29, 0.717) is 24.4 Å². The third-order valence-corrected chi connectivity index (χ3v) is 4.67. The largest absolute Gasteiger partial charge is 0.481 e. The summed E-state index contributed by atoms with van der Waals surface area (Å²) in [5.41, 5.74) is 1.93. The van der Waals surface area contributed by atoms with Crippen LogP contribution < -0.4 is 0 Å². The highest BCUT2D eigenvalue weighted by atomic mass is 32.1. The molecule has 0 bridgehead atoms. The quantitative estimate of drug-likeness (QED) is 0.948. The van der Waals surface area contributed by atoms with Gasteiger partial charge >= 0.3 is 5.97 Å². The Labute approximate surface area is 126 Å². The Morgan fingerprint density at radius 1 is 1.19 bits per heavy atom. The molecule has 21 heavy (non-hydrogen) atoms. The van der Waals surface area contributed by atoms with E-state index in [9.17, 15) is 9.59 Å². The average Bonchev–Trinajstić information content (AvgIpc) is 3.17. The molecule has 0 spiro atoms. The summed E-state index contributed by atoms with van der Waals surface area (Å²) in [5, 5.41) is 10.9. The first kappa shape index (κ1) is 13.8. The van der Waals surface area contributed by atoms with E-state index >= 15 is 0 Å². The predicted molar refractivity (Wildman–Crippen MR) is 81.4 cm³/mol. The second kappa shape index (κ2) is 5.69. The fraction of sp³-hybridized carbons (Fsp3) is 0.250. The molecule has 1 aromatic heterocycles. The summed E-state index contributed by atoms with van der Waals surface area (Å²) in [6, 6.07) is 11.7. The van der Waals surface area contributed by atoms with Crippen LogP contribution in [0.2, 0.25) is 0 Å². The van der Waals surface area contributed by atoms with E-state index in [1.807, 2.05) is 41.8 Å². The van der Waals surface area contributed by atoms with Crippen LogP contribution in [0.25, 0.3) is 11.1 Å². The van der Waals surface area contributed by atoms with Crippen molar-refractivity contribution in [3.8, 4) is 11.1 Å². The molecule has 3 rings (SSSR count). The molecule has 1 atom stereocenters. The van der Waals surface area contributed by atoms with Crippen LogP contribution in [0.5, 0.6) is 0 Å². The van der Waals surface area contributed by atoms with Crippen LogP contribution >= 0.6 is 11.3 Å². The number of thiophene rings is 1. The molecule has 2 heterocycles. The second-order valence-electron chi connectivity index (χ2n) is 5.10. The summed E-state index contributed by atoms with van der Waals surface area (Å²) in [4.78, 5) is 26.0. The first-order chi connectivity index (χ1) is 10.2. The Balaban J connectivity index is 1.84. The third kappa shape index (κ3) is 2.69. The molecule has 108 valence electrons. The fourth-order valence-corrected chi connectivity index (χ4v) is 3.49. The lowest BCUT2D eigenvalue weighted by molar-refractivity contribution is -0.141. The van der Waals surface area contributed by atoms with Crippen LogP contribution in [-0.2, 0) is 4.79 Å². The predicted octanol–water partition coefficient (Wildman–Crippen LogP) is 2.96. The lowest BCUT2D eigenvalue weighted by atomic mass is 10.1. The zero-order valence-corrected chi connectivity index (χ0v) is 12.2. The van der Waals surface area contributed by atoms with E-state index in [0.717, 1.165) is 11.1 Å². The van der Waals surface area contributed by atoms with Gasteiger partial charge in [0.25, 0.3) is 5.91 Å². The van der Waals surface area contributed by atoms with Gasteiger partial charge in [0.15, 0.2) is 0 Å². The summed E-state index contributed by atoms with van der Waals surface area (Å²) < 4.78 is 0. The number of carboxylic acid groups (broad SMARTS) is 1. The molecular weight excluding hydrogens is 286 g/mol. The summed E-state index contributed by atoms with van der Waals surface area (Å²) in [5.74, 6) is -1.32. The Hall–Kier alpha value is -2.14. The van der Waals surface area contributed by atoms with Crippen molar-refractivity contribution in [1.29, 1.82) is 0 Å². The van der Waals surface area contributed by atoms with E-state index < -0.39 is 11.9 Å². The van der Waals surface area contributed by atoms with Gasteiger partial charge in [-0.05, 0) is 23.4 Å². The maximum atomic E-state index is 12.6. The number of hydrogen-bond donors (Lipinski definition) is 1. The zero-order chi connectivity index (χ0) is 14.8. The number of amides is 1. The number of carbonyl (C=O) groups is 2. The molecule has 0 radical (unpaired) electrons. The number of likely N-dealkylation sites (tertiary alicyclic amines) is 1. The number of rotatable bonds is 3. The number of carboxylic acids is 1. The van der Waals surface area contributed by atoms with E-state index in [1.165, 1.54) is 11.3 Å². The molecule has 1 amide bonds. The molecule has 2 aromatic rings. The smallest absolute Gasteiger partial charge is 0.308 e. The van der Waals surface area contributed by atoms with Gasteiger partial charge in [0, 0.05) is 18.7 Å². The van der Waals surface area contributed by atoms with Crippen molar-refractivity contribution in [3.05, 3.63) is 46.7 Å². The molecule has 1 N–H and O–H groups in total. The van der Waals surface area contributed by atoms with E-state index in [4.69, 9.17) is 5.11 Å². The van der Waals surface area contributed by atoms with E-state index in [1.54, 1.807) is 4.90 Å². The van der Waals surface area contributed by atoms with Crippen LogP contribution in [0.1, 0.15) is 16.1 Å². The highest BCUT2D eigenvalue weighted by Gasteiger charge is 2.32. The summed E-state index contributed by atoms with van der Waals surface area (Å²) in [6.45, 7) is 0.822. The van der Waals surface area contributed by atoms with Gasteiger partial charge in [0.05, 0.1) is 10.8 Å². The molecule has 1 aliphatic heterocycles. The minimum absolute atomic E-state index is 0.0624. The molecule has 1 saturated heterocycles. The fourth-order valence-electron chi connectivity index (χ4n) is 2.61. The van der Waals surface area contributed by atoms with E-state index in [2.05, 4.69) is 0 Å². The van der Waals surface area contributed by atoms with Gasteiger partial charge < -0.3 is 10.0 Å². The topological polar surface area (TPSA) is 57.6 Å². The Bertz CT molecular complexity index is 665. The lowest BCUT2D eigenvalue weighted by Gasteiger charge is -2.16. The minimum Gasteiger partial charge on any atom is -0.481 e. The summed E-state index contributed by atoms with van der Waals surface area (Å²) in [7, 11) is 0. The van der Waals surface area contributed by atoms with E-state index in [-0.39, 0.29) is 5.91 Å². The van der Waals surface area contributed by atoms with Gasteiger partial charge in [-0.2, -0.15) is 0 Å². The minimum atomic E-state index is -0.820. The molecule has 1 aromatic carbocycles. The number of carbonyl (C=O) groups excluding carboxylic acids is 1. The maximum Gasteiger partial charge on any atom is 0.308 e. The molecule has 4 nitrogen and oxygen atoms in total. The number of nitrogens with zero attached hydrogens (tertiary/aromatic N) is 1. The first-order valence-corrected chi connectivity index (χ1v) is 7.70. The summed E-state index contributed by atoms with van der Waals surface area (Å²) >= 11 is 1.41. The lowest BCUT2D eigenvalue weighted by Crippen LogP contribution is -2.29. The first-order valence-electron chi connectivity index (χ1n) is 6.82. The van der Waals surface area contributed by atoms with Crippen molar-refractivity contribution in [3.63, 3.8) is 0 Å². The molecule has 1 aliphatic rings. The molecule has 1 fully saturated rings. The SMILES string of the molecule is O=C(O)[C@@H]1CCN(C(=O)c2sccc2-c2ccccc2)C1. The van der Waals surface area contributed by atoms with Crippen molar-refractivity contribution in [2.24, 2.45) is 5.92 Å². The molecular formula is C16H15NO3S. The Kier molecular flexibility index (Phi) is 3.75. The molecule has 0 aliphatic carbocycles. The van der Waals surface area contributed by atoms with Crippen LogP contribution in [-0.4, -0.2) is 35.0 Å². The Morgan fingerprint density at radius 2 is 1.95 bits per heavy atom. The number of aliphatic carboxylic acids is 1. The molecule has 0 unspecified atom stereocenters. The monoisotopic (exact) mass is 301 g/mol.